The highest BCUT2D eigenvalue weighted by Gasteiger charge is 2.11. The standard InChI is InChI=1S/C20H27N3O2.HI/c1-4-21-20(22-14-17-12-8-9-13-18(17)24-2)23-15-19(25-3)16-10-6-5-7-11-16;/h5-13,19H,4,14-15H2,1-3H3,(H2,21,22,23);1H. The number of para-hydroxylation sites is 1. The van der Waals surface area contributed by atoms with Crippen LogP contribution in [0.25, 0.3) is 0 Å². The number of halogens is 1. The summed E-state index contributed by atoms with van der Waals surface area (Å²) >= 11 is 0. The van der Waals surface area contributed by atoms with Gasteiger partial charge in [0.05, 0.1) is 19.8 Å². The third-order valence-corrected chi connectivity index (χ3v) is 3.86. The zero-order valence-corrected chi connectivity index (χ0v) is 17.9. The maximum Gasteiger partial charge on any atom is 0.191 e. The van der Waals surface area contributed by atoms with Crippen LogP contribution in [0.5, 0.6) is 5.75 Å². The summed E-state index contributed by atoms with van der Waals surface area (Å²) in [7, 11) is 3.40. The number of aliphatic imine (C=N–C) groups is 1. The highest BCUT2D eigenvalue weighted by molar-refractivity contribution is 14.0. The van der Waals surface area contributed by atoms with Gasteiger partial charge in [-0.05, 0) is 18.6 Å². The first-order chi connectivity index (χ1) is 12.3. The van der Waals surface area contributed by atoms with E-state index in [0.717, 1.165) is 29.4 Å². The van der Waals surface area contributed by atoms with Gasteiger partial charge in [0, 0.05) is 25.8 Å². The largest absolute Gasteiger partial charge is 0.496 e. The molecule has 0 spiro atoms. The Labute approximate surface area is 173 Å². The van der Waals surface area contributed by atoms with Crippen molar-refractivity contribution < 1.29 is 9.47 Å². The maximum absolute atomic E-state index is 5.60. The van der Waals surface area contributed by atoms with E-state index in [1.165, 1.54) is 0 Å². The summed E-state index contributed by atoms with van der Waals surface area (Å²) in [5.74, 6) is 1.60. The van der Waals surface area contributed by atoms with E-state index >= 15 is 0 Å². The van der Waals surface area contributed by atoms with Crippen molar-refractivity contribution in [3.63, 3.8) is 0 Å². The minimum Gasteiger partial charge on any atom is -0.496 e. The van der Waals surface area contributed by atoms with Gasteiger partial charge in [-0.1, -0.05) is 48.5 Å². The van der Waals surface area contributed by atoms with Gasteiger partial charge in [0.25, 0.3) is 0 Å². The van der Waals surface area contributed by atoms with Crippen LogP contribution in [0.3, 0.4) is 0 Å². The number of rotatable bonds is 8. The first-order valence-corrected chi connectivity index (χ1v) is 8.50. The van der Waals surface area contributed by atoms with Crippen molar-refractivity contribution >= 4 is 29.9 Å². The van der Waals surface area contributed by atoms with Gasteiger partial charge in [-0.15, -0.1) is 24.0 Å². The van der Waals surface area contributed by atoms with Crippen molar-refractivity contribution in [3.05, 3.63) is 65.7 Å². The monoisotopic (exact) mass is 469 g/mol. The van der Waals surface area contributed by atoms with E-state index in [1.807, 2.05) is 49.4 Å². The zero-order chi connectivity index (χ0) is 17.9. The average molecular weight is 469 g/mol. The van der Waals surface area contributed by atoms with Gasteiger partial charge in [0.2, 0.25) is 0 Å². The Morgan fingerprint density at radius 3 is 2.35 bits per heavy atom. The zero-order valence-electron chi connectivity index (χ0n) is 15.6. The Balaban J connectivity index is 0.00000338. The average Bonchev–Trinajstić information content (AvgIpc) is 2.67. The van der Waals surface area contributed by atoms with Crippen LogP contribution in [0.2, 0.25) is 0 Å². The molecule has 0 bridgehead atoms. The van der Waals surface area contributed by atoms with Crippen molar-refractivity contribution in [2.24, 2.45) is 4.99 Å². The van der Waals surface area contributed by atoms with Crippen LogP contribution in [0.1, 0.15) is 24.2 Å². The molecule has 1 atom stereocenters. The molecule has 0 aromatic heterocycles. The van der Waals surface area contributed by atoms with Gasteiger partial charge in [-0.2, -0.15) is 0 Å². The third-order valence-electron chi connectivity index (χ3n) is 3.86. The van der Waals surface area contributed by atoms with Gasteiger partial charge in [0.15, 0.2) is 5.96 Å². The van der Waals surface area contributed by atoms with Crippen LogP contribution in [-0.2, 0) is 11.3 Å². The van der Waals surface area contributed by atoms with Gasteiger partial charge in [-0.25, -0.2) is 4.99 Å². The fourth-order valence-electron chi connectivity index (χ4n) is 2.53. The maximum atomic E-state index is 5.60. The lowest BCUT2D eigenvalue weighted by Gasteiger charge is -2.18. The number of hydrogen-bond acceptors (Lipinski definition) is 3. The Hall–Kier alpha value is -1.80. The fraction of sp³-hybridized carbons (Fsp3) is 0.350. The normalized spacial score (nSPS) is 12.0. The second-order valence-corrected chi connectivity index (χ2v) is 5.52. The van der Waals surface area contributed by atoms with Crippen molar-refractivity contribution in [2.45, 2.75) is 19.6 Å². The highest BCUT2D eigenvalue weighted by Crippen LogP contribution is 2.18. The van der Waals surface area contributed by atoms with Gasteiger partial charge < -0.3 is 20.1 Å². The molecule has 0 saturated carbocycles. The topological polar surface area (TPSA) is 54.9 Å². The molecule has 2 aromatic carbocycles. The molecule has 0 saturated heterocycles. The van der Waals surface area contributed by atoms with E-state index in [-0.39, 0.29) is 30.1 Å². The lowest BCUT2D eigenvalue weighted by molar-refractivity contribution is 0.106. The van der Waals surface area contributed by atoms with E-state index < -0.39 is 0 Å². The van der Waals surface area contributed by atoms with E-state index in [9.17, 15) is 0 Å². The van der Waals surface area contributed by atoms with Gasteiger partial charge in [-0.3, -0.25) is 0 Å². The number of nitrogens with zero attached hydrogens (tertiary/aromatic N) is 1. The third kappa shape index (κ3) is 6.84. The Bertz CT molecular complexity index is 665. The Morgan fingerprint density at radius 2 is 1.69 bits per heavy atom. The number of nitrogens with one attached hydrogen (secondary N) is 2. The number of benzene rings is 2. The van der Waals surface area contributed by atoms with Crippen LogP contribution in [-0.4, -0.2) is 33.3 Å². The molecular formula is C20H28IN3O2. The molecule has 2 aromatic rings. The van der Waals surface area contributed by atoms with Crippen molar-refractivity contribution in [1.29, 1.82) is 0 Å². The summed E-state index contributed by atoms with van der Waals surface area (Å²) < 4.78 is 11.0. The van der Waals surface area contributed by atoms with Crippen molar-refractivity contribution in [3.8, 4) is 5.75 Å². The Kier molecular flexibility index (Phi) is 10.7. The smallest absolute Gasteiger partial charge is 0.191 e. The summed E-state index contributed by atoms with van der Waals surface area (Å²) in [6.45, 7) is 4.02. The first-order valence-electron chi connectivity index (χ1n) is 8.50. The molecule has 142 valence electrons. The van der Waals surface area contributed by atoms with Crippen LogP contribution in [0, 0.1) is 0 Å². The molecule has 0 aliphatic carbocycles. The molecule has 26 heavy (non-hydrogen) atoms. The Morgan fingerprint density at radius 1 is 1.00 bits per heavy atom. The molecule has 0 radical (unpaired) electrons. The second kappa shape index (κ2) is 12.5. The molecule has 0 heterocycles. The number of hydrogen-bond donors (Lipinski definition) is 2. The van der Waals surface area contributed by atoms with Crippen molar-refractivity contribution in [2.75, 3.05) is 27.3 Å². The molecule has 5 nitrogen and oxygen atoms in total. The van der Waals surface area contributed by atoms with Gasteiger partial charge >= 0.3 is 0 Å². The number of guanidine groups is 1. The molecule has 0 fully saturated rings. The second-order valence-electron chi connectivity index (χ2n) is 5.52. The molecule has 0 aliphatic heterocycles. The summed E-state index contributed by atoms with van der Waals surface area (Å²) in [4.78, 5) is 4.65. The minimum absolute atomic E-state index is 0. The molecule has 2 N–H and O–H groups in total. The van der Waals surface area contributed by atoms with Crippen LogP contribution < -0.4 is 15.4 Å². The molecule has 1 unspecified atom stereocenters. The van der Waals surface area contributed by atoms with E-state index in [1.54, 1.807) is 14.2 Å². The van der Waals surface area contributed by atoms with E-state index in [4.69, 9.17) is 9.47 Å². The van der Waals surface area contributed by atoms with E-state index in [2.05, 4.69) is 27.8 Å². The van der Waals surface area contributed by atoms with Crippen molar-refractivity contribution in [1.82, 2.24) is 10.6 Å². The highest BCUT2D eigenvalue weighted by atomic mass is 127. The molecule has 0 amide bonds. The summed E-state index contributed by atoms with van der Waals surface area (Å²) in [5.41, 5.74) is 2.19. The van der Waals surface area contributed by atoms with Crippen LogP contribution in [0.15, 0.2) is 59.6 Å². The predicted molar refractivity (Wildman–Crippen MR) is 117 cm³/mol. The van der Waals surface area contributed by atoms with Crippen LogP contribution >= 0.6 is 24.0 Å². The van der Waals surface area contributed by atoms with Gasteiger partial charge in [0.1, 0.15) is 5.75 Å². The number of methoxy groups -OCH3 is 2. The lowest BCUT2D eigenvalue weighted by atomic mass is 10.1. The number of ether oxygens (including phenoxy) is 2. The molecule has 6 heteroatoms. The minimum atomic E-state index is -0.0312. The molecular weight excluding hydrogens is 441 g/mol. The predicted octanol–water partition coefficient (Wildman–Crippen LogP) is 3.76. The quantitative estimate of drug-likeness (QED) is 0.351. The molecule has 2 rings (SSSR count). The summed E-state index contributed by atoms with van der Waals surface area (Å²) in [5, 5.41) is 6.61. The van der Waals surface area contributed by atoms with Crippen LogP contribution in [0.4, 0.5) is 0 Å². The summed E-state index contributed by atoms with van der Waals surface area (Å²) in [6, 6.07) is 18.1. The summed E-state index contributed by atoms with van der Waals surface area (Å²) in [6.07, 6.45) is -0.0312. The lowest BCUT2D eigenvalue weighted by Crippen LogP contribution is -2.39. The van der Waals surface area contributed by atoms with E-state index in [0.29, 0.717) is 13.1 Å². The molecule has 0 aliphatic rings. The SMILES string of the molecule is CCNC(=NCc1ccccc1OC)NCC(OC)c1ccccc1.I. The first kappa shape index (κ1) is 22.2. The fourth-order valence-corrected chi connectivity index (χ4v) is 2.53.